The summed E-state index contributed by atoms with van der Waals surface area (Å²) in [7, 11) is 0. The van der Waals surface area contributed by atoms with Crippen LogP contribution in [0.3, 0.4) is 0 Å². The van der Waals surface area contributed by atoms with E-state index in [1.807, 2.05) is 0 Å². The first-order valence-electron chi connectivity index (χ1n) is 7.34. The SMILES string of the molecule is CCCNC1(C#N)CCCC(SC(C)C(C)C)C1. The summed E-state index contributed by atoms with van der Waals surface area (Å²) in [5.74, 6) is 0.719. The predicted molar refractivity (Wildman–Crippen MR) is 80.8 cm³/mol. The number of rotatable bonds is 6. The van der Waals surface area contributed by atoms with E-state index in [4.69, 9.17) is 0 Å². The van der Waals surface area contributed by atoms with Crippen molar-refractivity contribution in [2.24, 2.45) is 5.92 Å². The standard InChI is InChI=1S/C15H28N2S/c1-5-9-17-15(11-16)8-6-7-14(10-15)18-13(4)12(2)3/h12-14,17H,5-10H2,1-4H3. The van der Waals surface area contributed by atoms with Crippen molar-refractivity contribution < 1.29 is 0 Å². The third-order valence-electron chi connectivity index (χ3n) is 3.98. The number of hydrogen-bond donors (Lipinski definition) is 1. The summed E-state index contributed by atoms with van der Waals surface area (Å²) in [6, 6.07) is 2.56. The van der Waals surface area contributed by atoms with Crippen molar-refractivity contribution in [2.75, 3.05) is 6.54 Å². The quantitative estimate of drug-likeness (QED) is 0.792. The molecule has 0 amide bonds. The molecule has 0 saturated heterocycles. The van der Waals surface area contributed by atoms with Gasteiger partial charge in [0.05, 0.1) is 6.07 Å². The lowest BCUT2D eigenvalue weighted by Gasteiger charge is -2.37. The van der Waals surface area contributed by atoms with Crippen LogP contribution in [-0.2, 0) is 0 Å². The lowest BCUT2D eigenvalue weighted by Crippen LogP contribution is -2.48. The van der Waals surface area contributed by atoms with Crippen molar-refractivity contribution in [2.45, 2.75) is 75.8 Å². The molecule has 1 fully saturated rings. The van der Waals surface area contributed by atoms with Crippen LogP contribution in [0.1, 0.15) is 59.8 Å². The van der Waals surface area contributed by atoms with Gasteiger partial charge in [0, 0.05) is 10.5 Å². The Labute approximate surface area is 117 Å². The number of thioether (sulfide) groups is 1. The summed E-state index contributed by atoms with van der Waals surface area (Å²) in [4.78, 5) is 0. The second-order valence-corrected chi connectivity index (χ2v) is 7.61. The van der Waals surface area contributed by atoms with E-state index in [9.17, 15) is 5.26 Å². The van der Waals surface area contributed by atoms with E-state index >= 15 is 0 Å². The number of nitrogens with one attached hydrogen (secondary N) is 1. The summed E-state index contributed by atoms with van der Waals surface area (Å²) < 4.78 is 0. The molecule has 104 valence electrons. The highest BCUT2D eigenvalue weighted by atomic mass is 32.2. The Kier molecular flexibility index (Phi) is 6.52. The molecule has 0 spiro atoms. The van der Waals surface area contributed by atoms with E-state index in [1.165, 1.54) is 12.8 Å². The average molecular weight is 268 g/mol. The monoisotopic (exact) mass is 268 g/mol. The van der Waals surface area contributed by atoms with Gasteiger partial charge < -0.3 is 0 Å². The van der Waals surface area contributed by atoms with Gasteiger partial charge in [0.25, 0.3) is 0 Å². The highest BCUT2D eigenvalue weighted by Crippen LogP contribution is 2.37. The van der Waals surface area contributed by atoms with Gasteiger partial charge in [-0.3, -0.25) is 5.32 Å². The molecule has 2 nitrogen and oxygen atoms in total. The minimum absolute atomic E-state index is 0.247. The van der Waals surface area contributed by atoms with E-state index in [1.54, 1.807) is 0 Å². The van der Waals surface area contributed by atoms with Crippen LogP contribution >= 0.6 is 11.8 Å². The van der Waals surface area contributed by atoms with Crippen molar-refractivity contribution in [1.82, 2.24) is 5.32 Å². The Morgan fingerprint density at radius 2 is 2.17 bits per heavy atom. The molecule has 1 N–H and O–H groups in total. The van der Waals surface area contributed by atoms with E-state index in [0.717, 1.165) is 31.7 Å². The molecule has 1 rings (SSSR count). The van der Waals surface area contributed by atoms with E-state index in [2.05, 4.69) is 50.8 Å². The maximum Gasteiger partial charge on any atom is 0.107 e. The van der Waals surface area contributed by atoms with Crippen molar-refractivity contribution in [1.29, 1.82) is 5.26 Å². The summed E-state index contributed by atoms with van der Waals surface area (Å²) in [6.07, 6.45) is 5.61. The zero-order valence-corrected chi connectivity index (χ0v) is 13.1. The first-order chi connectivity index (χ1) is 8.53. The summed E-state index contributed by atoms with van der Waals surface area (Å²) in [6.45, 7) is 10.0. The molecule has 0 aliphatic heterocycles. The smallest absolute Gasteiger partial charge is 0.107 e. The Bertz CT molecular complexity index is 285. The molecule has 0 aromatic carbocycles. The maximum absolute atomic E-state index is 9.51. The Morgan fingerprint density at radius 3 is 2.72 bits per heavy atom. The normalized spacial score (nSPS) is 30.1. The van der Waals surface area contributed by atoms with Crippen LogP contribution < -0.4 is 5.32 Å². The van der Waals surface area contributed by atoms with Crippen molar-refractivity contribution in [3.05, 3.63) is 0 Å². The third-order valence-corrected chi connectivity index (χ3v) is 5.74. The molecule has 1 aliphatic rings. The molecule has 3 unspecified atom stereocenters. The Morgan fingerprint density at radius 1 is 1.44 bits per heavy atom. The minimum atomic E-state index is -0.247. The van der Waals surface area contributed by atoms with Gasteiger partial charge in [-0.25, -0.2) is 0 Å². The van der Waals surface area contributed by atoms with Crippen LogP contribution in [0.2, 0.25) is 0 Å². The number of hydrogen-bond acceptors (Lipinski definition) is 3. The largest absolute Gasteiger partial charge is 0.299 e. The topological polar surface area (TPSA) is 35.8 Å². The van der Waals surface area contributed by atoms with Gasteiger partial charge in [-0.15, -0.1) is 0 Å². The van der Waals surface area contributed by atoms with Crippen molar-refractivity contribution in [3.8, 4) is 6.07 Å². The van der Waals surface area contributed by atoms with E-state index in [-0.39, 0.29) is 5.54 Å². The third kappa shape index (κ3) is 4.48. The molecule has 3 heteroatoms. The summed E-state index contributed by atoms with van der Waals surface area (Å²) in [5.41, 5.74) is -0.247. The van der Waals surface area contributed by atoms with Crippen LogP contribution in [-0.4, -0.2) is 22.6 Å². The molecule has 0 aromatic rings. The van der Waals surface area contributed by atoms with Crippen LogP contribution in [0.4, 0.5) is 0 Å². The molecule has 0 heterocycles. The first kappa shape index (κ1) is 15.9. The fraction of sp³-hybridized carbons (Fsp3) is 0.933. The van der Waals surface area contributed by atoms with Gasteiger partial charge in [0.15, 0.2) is 0 Å². The van der Waals surface area contributed by atoms with Crippen LogP contribution in [0.15, 0.2) is 0 Å². The zero-order chi connectivity index (χ0) is 13.6. The molecule has 3 atom stereocenters. The molecular formula is C15H28N2S. The van der Waals surface area contributed by atoms with Gasteiger partial charge in [-0.1, -0.05) is 27.7 Å². The van der Waals surface area contributed by atoms with Crippen LogP contribution in [0, 0.1) is 17.2 Å². The van der Waals surface area contributed by atoms with Crippen LogP contribution in [0.25, 0.3) is 0 Å². The Hall–Kier alpha value is -0.200. The average Bonchev–Trinajstić information content (AvgIpc) is 2.36. The maximum atomic E-state index is 9.51. The van der Waals surface area contributed by atoms with Crippen LogP contribution in [0.5, 0.6) is 0 Å². The van der Waals surface area contributed by atoms with E-state index < -0.39 is 0 Å². The van der Waals surface area contributed by atoms with Gasteiger partial charge in [-0.05, 0) is 44.6 Å². The lowest BCUT2D eigenvalue weighted by atomic mass is 9.82. The molecule has 1 saturated carbocycles. The molecule has 0 aromatic heterocycles. The highest BCUT2D eigenvalue weighted by Gasteiger charge is 2.36. The number of nitrogens with zero attached hydrogens (tertiary/aromatic N) is 1. The summed E-state index contributed by atoms with van der Waals surface area (Å²) in [5, 5.41) is 14.3. The molecule has 1 aliphatic carbocycles. The lowest BCUT2D eigenvalue weighted by molar-refractivity contribution is 0.304. The zero-order valence-electron chi connectivity index (χ0n) is 12.3. The fourth-order valence-electron chi connectivity index (χ4n) is 2.47. The number of nitriles is 1. The fourth-order valence-corrected chi connectivity index (χ4v) is 4.07. The van der Waals surface area contributed by atoms with Gasteiger partial charge >= 0.3 is 0 Å². The van der Waals surface area contributed by atoms with Crippen molar-refractivity contribution >= 4 is 11.8 Å². The molecule has 0 radical (unpaired) electrons. The summed E-state index contributed by atoms with van der Waals surface area (Å²) >= 11 is 2.09. The molecular weight excluding hydrogens is 240 g/mol. The molecule has 0 bridgehead atoms. The molecule has 18 heavy (non-hydrogen) atoms. The first-order valence-corrected chi connectivity index (χ1v) is 8.29. The highest BCUT2D eigenvalue weighted by molar-refractivity contribution is 8.00. The van der Waals surface area contributed by atoms with Crippen molar-refractivity contribution in [3.63, 3.8) is 0 Å². The van der Waals surface area contributed by atoms with Gasteiger partial charge in [0.2, 0.25) is 0 Å². The second-order valence-electron chi connectivity index (χ2n) is 5.92. The minimum Gasteiger partial charge on any atom is -0.299 e. The van der Waals surface area contributed by atoms with Gasteiger partial charge in [-0.2, -0.15) is 17.0 Å². The Balaban J connectivity index is 2.56. The predicted octanol–water partition coefficient (Wildman–Crippen LogP) is 3.97. The van der Waals surface area contributed by atoms with Gasteiger partial charge in [0.1, 0.15) is 5.54 Å². The second kappa shape index (κ2) is 7.40. The van der Waals surface area contributed by atoms with E-state index in [0.29, 0.717) is 10.5 Å².